The van der Waals surface area contributed by atoms with E-state index in [1.165, 1.54) is 16.8 Å². The van der Waals surface area contributed by atoms with Crippen LogP contribution in [0.5, 0.6) is 0 Å². The van der Waals surface area contributed by atoms with Crippen LogP contribution in [0.4, 0.5) is 4.39 Å². The molecule has 0 bridgehead atoms. The second-order valence-electron chi connectivity index (χ2n) is 6.79. The molecule has 0 aliphatic heterocycles. The Kier molecular flexibility index (Phi) is 5.61. The third-order valence-electron chi connectivity index (χ3n) is 4.52. The molecule has 0 saturated carbocycles. The molecule has 0 fully saturated rings. The van der Waals surface area contributed by atoms with E-state index in [1.807, 2.05) is 32.9 Å². The van der Waals surface area contributed by atoms with Crippen LogP contribution < -0.4 is 5.32 Å². The summed E-state index contributed by atoms with van der Waals surface area (Å²) >= 11 is 6.33. The number of hydrogen-bond acceptors (Lipinski definition) is 2. The van der Waals surface area contributed by atoms with E-state index in [9.17, 15) is 9.18 Å². The van der Waals surface area contributed by atoms with Crippen LogP contribution in [0.2, 0.25) is 5.02 Å². The maximum absolute atomic E-state index is 13.2. The zero-order chi connectivity index (χ0) is 19.6. The van der Waals surface area contributed by atoms with E-state index in [-0.39, 0.29) is 17.8 Å². The number of hydrogen-bond donors (Lipinski definition) is 1. The summed E-state index contributed by atoms with van der Waals surface area (Å²) in [6.07, 6.45) is 0. The van der Waals surface area contributed by atoms with Crippen molar-refractivity contribution in [2.75, 3.05) is 0 Å². The van der Waals surface area contributed by atoms with Crippen LogP contribution in [0, 0.1) is 11.7 Å². The predicted molar refractivity (Wildman–Crippen MR) is 106 cm³/mol. The second-order valence-corrected chi connectivity index (χ2v) is 7.20. The molecule has 1 amide bonds. The van der Waals surface area contributed by atoms with Crippen LogP contribution in [0.1, 0.15) is 31.3 Å². The minimum absolute atomic E-state index is 0.00127. The van der Waals surface area contributed by atoms with Crippen molar-refractivity contribution in [1.29, 1.82) is 0 Å². The normalized spacial score (nSPS) is 12.2. The third kappa shape index (κ3) is 4.19. The molecule has 27 heavy (non-hydrogen) atoms. The lowest BCUT2D eigenvalue weighted by molar-refractivity contribution is 0.0922. The first-order chi connectivity index (χ1) is 12.9. The minimum atomic E-state index is -0.326. The Balaban J connectivity index is 2.08. The Bertz CT molecular complexity index is 950. The van der Waals surface area contributed by atoms with Crippen molar-refractivity contribution >= 4 is 17.5 Å². The SMILES string of the molecule is CC(C)C(C)NC(=O)c1cc(-c2ccc(F)cc2)nn1-c1ccccc1Cl. The maximum Gasteiger partial charge on any atom is 0.270 e. The minimum Gasteiger partial charge on any atom is -0.348 e. The first-order valence-corrected chi connectivity index (χ1v) is 9.16. The van der Waals surface area contributed by atoms with Crippen molar-refractivity contribution in [3.8, 4) is 16.9 Å². The van der Waals surface area contributed by atoms with Gasteiger partial charge in [0, 0.05) is 11.6 Å². The molecule has 140 valence electrons. The van der Waals surface area contributed by atoms with Crippen molar-refractivity contribution in [3.63, 3.8) is 0 Å². The van der Waals surface area contributed by atoms with Gasteiger partial charge >= 0.3 is 0 Å². The van der Waals surface area contributed by atoms with Crippen molar-refractivity contribution < 1.29 is 9.18 Å². The van der Waals surface area contributed by atoms with Gasteiger partial charge in [0.15, 0.2) is 0 Å². The lowest BCUT2D eigenvalue weighted by Crippen LogP contribution is -2.37. The molecule has 2 aromatic carbocycles. The molecular formula is C21H21ClFN3O. The standard InChI is InChI=1S/C21H21ClFN3O/c1-13(2)14(3)24-21(27)20-12-18(15-8-10-16(23)11-9-15)25-26(20)19-7-5-4-6-17(19)22/h4-14H,1-3H3,(H,24,27). The Hall–Kier alpha value is -2.66. The molecule has 6 heteroatoms. The number of aromatic nitrogens is 2. The number of carbonyl (C=O) groups excluding carboxylic acids is 1. The van der Waals surface area contributed by atoms with Gasteiger partial charge in [-0.15, -0.1) is 0 Å². The number of nitrogens with one attached hydrogen (secondary N) is 1. The monoisotopic (exact) mass is 385 g/mol. The molecular weight excluding hydrogens is 365 g/mol. The largest absolute Gasteiger partial charge is 0.348 e. The predicted octanol–water partition coefficient (Wildman–Crippen LogP) is 5.11. The summed E-state index contributed by atoms with van der Waals surface area (Å²) in [4.78, 5) is 12.9. The van der Waals surface area contributed by atoms with Gasteiger partial charge in [-0.05, 0) is 55.3 Å². The number of para-hydroxylation sites is 1. The molecule has 3 rings (SSSR count). The maximum atomic E-state index is 13.2. The fourth-order valence-electron chi connectivity index (χ4n) is 2.56. The first kappa shape index (κ1) is 19.1. The van der Waals surface area contributed by atoms with Gasteiger partial charge in [-0.3, -0.25) is 4.79 Å². The van der Waals surface area contributed by atoms with E-state index in [0.29, 0.717) is 33.6 Å². The van der Waals surface area contributed by atoms with Crippen LogP contribution in [0.25, 0.3) is 16.9 Å². The van der Waals surface area contributed by atoms with Crippen molar-refractivity contribution in [2.24, 2.45) is 5.92 Å². The zero-order valence-electron chi connectivity index (χ0n) is 15.4. The molecule has 1 atom stereocenters. The Morgan fingerprint density at radius 2 is 1.78 bits per heavy atom. The summed E-state index contributed by atoms with van der Waals surface area (Å²) in [7, 11) is 0. The van der Waals surface area contributed by atoms with Gasteiger partial charge in [0.25, 0.3) is 5.91 Å². The number of amides is 1. The summed E-state index contributed by atoms with van der Waals surface area (Å²) < 4.78 is 14.8. The van der Waals surface area contributed by atoms with E-state index in [0.717, 1.165) is 0 Å². The summed E-state index contributed by atoms with van der Waals surface area (Å²) in [6.45, 7) is 6.04. The molecule has 1 unspecified atom stereocenters. The highest BCUT2D eigenvalue weighted by molar-refractivity contribution is 6.32. The molecule has 1 aromatic heterocycles. The van der Waals surface area contributed by atoms with Crippen LogP contribution in [-0.2, 0) is 0 Å². The van der Waals surface area contributed by atoms with Crippen LogP contribution in [0.15, 0.2) is 54.6 Å². The Morgan fingerprint density at radius 3 is 2.41 bits per heavy atom. The van der Waals surface area contributed by atoms with Gasteiger partial charge in [-0.25, -0.2) is 9.07 Å². The first-order valence-electron chi connectivity index (χ1n) is 8.78. The smallest absolute Gasteiger partial charge is 0.270 e. The van der Waals surface area contributed by atoms with Gasteiger partial charge in [0.05, 0.1) is 16.4 Å². The van der Waals surface area contributed by atoms with Crippen LogP contribution >= 0.6 is 11.6 Å². The number of rotatable bonds is 5. The molecule has 0 radical (unpaired) electrons. The fourth-order valence-corrected chi connectivity index (χ4v) is 2.77. The number of nitrogens with zero attached hydrogens (tertiary/aromatic N) is 2. The lowest BCUT2D eigenvalue weighted by Gasteiger charge is -2.17. The topological polar surface area (TPSA) is 46.9 Å². The molecule has 0 spiro atoms. The van der Waals surface area contributed by atoms with Gasteiger partial charge in [0.1, 0.15) is 11.5 Å². The highest BCUT2D eigenvalue weighted by Crippen LogP contribution is 2.26. The van der Waals surface area contributed by atoms with E-state index in [2.05, 4.69) is 10.4 Å². The number of benzene rings is 2. The summed E-state index contributed by atoms with van der Waals surface area (Å²) in [5.41, 5.74) is 2.26. The molecule has 4 nitrogen and oxygen atoms in total. The zero-order valence-corrected chi connectivity index (χ0v) is 16.2. The molecule has 1 N–H and O–H groups in total. The number of halogens is 2. The van der Waals surface area contributed by atoms with E-state index in [4.69, 9.17) is 11.6 Å². The van der Waals surface area contributed by atoms with E-state index >= 15 is 0 Å². The van der Waals surface area contributed by atoms with Crippen molar-refractivity contribution in [1.82, 2.24) is 15.1 Å². The quantitative estimate of drug-likeness (QED) is 0.663. The molecule has 0 aliphatic rings. The van der Waals surface area contributed by atoms with Gasteiger partial charge < -0.3 is 5.32 Å². The lowest BCUT2D eigenvalue weighted by atomic mass is 10.1. The van der Waals surface area contributed by atoms with Gasteiger partial charge in [-0.1, -0.05) is 37.6 Å². The fraction of sp³-hybridized carbons (Fsp3) is 0.238. The summed E-state index contributed by atoms with van der Waals surface area (Å²) in [5.74, 6) is -0.271. The van der Waals surface area contributed by atoms with Gasteiger partial charge in [-0.2, -0.15) is 5.10 Å². The summed E-state index contributed by atoms with van der Waals surface area (Å²) in [6, 6.07) is 14.9. The highest BCUT2D eigenvalue weighted by atomic mass is 35.5. The van der Waals surface area contributed by atoms with Gasteiger partial charge in [0.2, 0.25) is 0 Å². The molecule has 0 saturated heterocycles. The van der Waals surface area contributed by atoms with Crippen molar-refractivity contribution in [3.05, 3.63) is 71.1 Å². The Labute approximate surface area is 163 Å². The number of carbonyl (C=O) groups is 1. The third-order valence-corrected chi connectivity index (χ3v) is 4.84. The molecule has 1 heterocycles. The summed E-state index contributed by atoms with van der Waals surface area (Å²) in [5, 5.41) is 8.04. The van der Waals surface area contributed by atoms with Crippen molar-refractivity contribution in [2.45, 2.75) is 26.8 Å². The average Bonchev–Trinajstić information content (AvgIpc) is 3.07. The second kappa shape index (κ2) is 7.92. The average molecular weight is 386 g/mol. The van der Waals surface area contributed by atoms with Crippen LogP contribution in [-0.4, -0.2) is 21.7 Å². The van der Waals surface area contributed by atoms with Crippen LogP contribution in [0.3, 0.4) is 0 Å². The molecule has 3 aromatic rings. The Morgan fingerprint density at radius 1 is 1.11 bits per heavy atom. The van der Waals surface area contributed by atoms with E-state index < -0.39 is 0 Å². The molecule has 0 aliphatic carbocycles. The van der Waals surface area contributed by atoms with E-state index in [1.54, 1.807) is 30.3 Å². The highest BCUT2D eigenvalue weighted by Gasteiger charge is 2.21.